The number of carbonyl (C=O) groups is 1. The van der Waals surface area contributed by atoms with Crippen LogP contribution in [0.2, 0.25) is 0 Å². The first-order chi connectivity index (χ1) is 11.8. The number of sulfonamides is 1. The normalized spacial score (nSPS) is 11.2. The van der Waals surface area contributed by atoms with Gasteiger partial charge in [-0.3, -0.25) is 4.79 Å². The van der Waals surface area contributed by atoms with Gasteiger partial charge in [0.1, 0.15) is 5.75 Å². The largest absolute Gasteiger partial charge is 0.497 e. The van der Waals surface area contributed by atoms with E-state index >= 15 is 0 Å². The van der Waals surface area contributed by atoms with Crippen LogP contribution in [0, 0.1) is 6.92 Å². The number of primary sulfonamides is 1. The Kier molecular flexibility index (Phi) is 6.46. The Morgan fingerprint density at radius 1 is 1.24 bits per heavy atom. The standard InChI is InChI=1S/C17H20N2O4S2/c1-12-6-7-14(9-16(12)25(18,21)22)19-17(20)11-24-10-13-4-3-5-15(8-13)23-2/h3-9H,10-11H2,1-2H3,(H,19,20)(H2,18,21,22). The van der Waals surface area contributed by atoms with Crippen LogP contribution in [-0.2, 0) is 20.6 Å². The van der Waals surface area contributed by atoms with Crippen molar-refractivity contribution in [1.82, 2.24) is 0 Å². The number of rotatable bonds is 7. The highest BCUT2D eigenvalue weighted by Crippen LogP contribution is 2.20. The molecule has 0 saturated heterocycles. The molecule has 6 nitrogen and oxygen atoms in total. The summed E-state index contributed by atoms with van der Waals surface area (Å²) in [5, 5.41) is 7.86. The van der Waals surface area contributed by atoms with Gasteiger partial charge in [0.25, 0.3) is 0 Å². The van der Waals surface area contributed by atoms with E-state index in [9.17, 15) is 13.2 Å². The number of nitrogens with one attached hydrogen (secondary N) is 1. The lowest BCUT2D eigenvalue weighted by atomic mass is 10.2. The molecule has 0 spiro atoms. The second-order valence-corrected chi connectivity index (χ2v) is 7.93. The number of thioether (sulfide) groups is 1. The third kappa shape index (κ3) is 5.77. The summed E-state index contributed by atoms with van der Waals surface area (Å²) in [6.45, 7) is 1.65. The molecular weight excluding hydrogens is 360 g/mol. The van der Waals surface area contributed by atoms with E-state index in [1.54, 1.807) is 26.2 Å². The topological polar surface area (TPSA) is 98.5 Å². The van der Waals surface area contributed by atoms with Gasteiger partial charge in [0.05, 0.1) is 17.8 Å². The van der Waals surface area contributed by atoms with Crippen molar-refractivity contribution >= 4 is 33.4 Å². The van der Waals surface area contributed by atoms with Gasteiger partial charge in [0.15, 0.2) is 0 Å². The Morgan fingerprint density at radius 3 is 2.68 bits per heavy atom. The molecule has 0 saturated carbocycles. The Balaban J connectivity index is 1.92. The summed E-state index contributed by atoms with van der Waals surface area (Å²) in [4.78, 5) is 12.0. The van der Waals surface area contributed by atoms with Crippen LogP contribution in [0.25, 0.3) is 0 Å². The molecule has 0 aliphatic rings. The number of anilines is 1. The van der Waals surface area contributed by atoms with E-state index in [1.807, 2.05) is 24.3 Å². The van der Waals surface area contributed by atoms with Crippen molar-refractivity contribution in [3.05, 3.63) is 53.6 Å². The molecule has 1 amide bonds. The Bertz CT molecular complexity index is 867. The number of benzene rings is 2. The molecule has 2 aromatic rings. The number of hydrogen-bond donors (Lipinski definition) is 2. The molecule has 0 aliphatic heterocycles. The van der Waals surface area contributed by atoms with Crippen LogP contribution in [0.3, 0.4) is 0 Å². The SMILES string of the molecule is COc1cccc(CSCC(=O)Nc2ccc(C)c(S(N)(=O)=O)c2)c1. The van der Waals surface area contributed by atoms with Crippen molar-refractivity contribution in [3.8, 4) is 5.75 Å². The van der Waals surface area contributed by atoms with Crippen molar-refractivity contribution in [1.29, 1.82) is 0 Å². The summed E-state index contributed by atoms with van der Waals surface area (Å²) in [6, 6.07) is 12.3. The summed E-state index contributed by atoms with van der Waals surface area (Å²) < 4.78 is 28.2. The molecular formula is C17H20N2O4S2. The van der Waals surface area contributed by atoms with Gasteiger partial charge in [-0.15, -0.1) is 11.8 Å². The van der Waals surface area contributed by atoms with Crippen molar-refractivity contribution in [2.75, 3.05) is 18.2 Å². The molecule has 8 heteroatoms. The van der Waals surface area contributed by atoms with Gasteiger partial charge in [-0.1, -0.05) is 18.2 Å². The minimum atomic E-state index is -3.82. The van der Waals surface area contributed by atoms with Crippen LogP contribution in [0.1, 0.15) is 11.1 Å². The van der Waals surface area contributed by atoms with E-state index < -0.39 is 10.0 Å². The molecule has 2 rings (SSSR count). The highest BCUT2D eigenvalue weighted by atomic mass is 32.2. The van der Waals surface area contributed by atoms with Gasteiger partial charge in [-0.05, 0) is 42.3 Å². The van der Waals surface area contributed by atoms with E-state index in [0.717, 1.165) is 11.3 Å². The zero-order chi connectivity index (χ0) is 18.4. The predicted molar refractivity (Wildman–Crippen MR) is 100 cm³/mol. The Labute approximate surface area is 151 Å². The number of hydrogen-bond acceptors (Lipinski definition) is 5. The molecule has 134 valence electrons. The fourth-order valence-corrected chi connectivity index (χ4v) is 3.79. The molecule has 0 atom stereocenters. The van der Waals surface area contributed by atoms with Crippen molar-refractivity contribution in [2.24, 2.45) is 5.14 Å². The quantitative estimate of drug-likeness (QED) is 0.769. The lowest BCUT2D eigenvalue weighted by molar-refractivity contribution is -0.113. The monoisotopic (exact) mass is 380 g/mol. The van der Waals surface area contributed by atoms with Crippen LogP contribution >= 0.6 is 11.8 Å². The molecule has 0 unspecified atom stereocenters. The van der Waals surface area contributed by atoms with Gasteiger partial charge in [0.2, 0.25) is 15.9 Å². The fraction of sp³-hybridized carbons (Fsp3) is 0.235. The maximum Gasteiger partial charge on any atom is 0.238 e. The number of ether oxygens (including phenoxy) is 1. The van der Waals surface area contributed by atoms with Crippen LogP contribution in [0.15, 0.2) is 47.4 Å². The summed E-state index contributed by atoms with van der Waals surface area (Å²) in [5.41, 5.74) is 2.00. The highest BCUT2D eigenvalue weighted by Gasteiger charge is 2.13. The lowest BCUT2D eigenvalue weighted by Gasteiger charge is -2.09. The van der Waals surface area contributed by atoms with Crippen LogP contribution in [0.4, 0.5) is 5.69 Å². The van der Waals surface area contributed by atoms with Crippen molar-refractivity contribution in [2.45, 2.75) is 17.6 Å². The zero-order valence-corrected chi connectivity index (χ0v) is 15.6. The molecule has 2 aromatic carbocycles. The molecule has 0 aliphatic carbocycles. The molecule has 25 heavy (non-hydrogen) atoms. The first-order valence-corrected chi connectivity index (χ1v) is 10.1. The molecule has 0 radical (unpaired) electrons. The van der Waals surface area contributed by atoms with E-state index in [-0.39, 0.29) is 16.6 Å². The van der Waals surface area contributed by atoms with Gasteiger partial charge >= 0.3 is 0 Å². The van der Waals surface area contributed by atoms with E-state index in [1.165, 1.54) is 17.8 Å². The number of amides is 1. The van der Waals surface area contributed by atoms with E-state index in [0.29, 0.717) is 17.0 Å². The third-order valence-corrected chi connectivity index (χ3v) is 5.47. The van der Waals surface area contributed by atoms with Gasteiger partial charge in [-0.25, -0.2) is 13.6 Å². The molecule has 0 bridgehead atoms. The van der Waals surface area contributed by atoms with E-state index in [4.69, 9.17) is 9.88 Å². The van der Waals surface area contributed by atoms with Crippen LogP contribution in [0.5, 0.6) is 5.75 Å². The number of methoxy groups -OCH3 is 1. The smallest absolute Gasteiger partial charge is 0.238 e. The fourth-order valence-electron chi connectivity index (χ4n) is 2.21. The molecule has 0 aromatic heterocycles. The minimum Gasteiger partial charge on any atom is -0.497 e. The Hall–Kier alpha value is -2.03. The second kappa shape index (κ2) is 8.37. The maximum atomic E-state index is 12.0. The summed E-state index contributed by atoms with van der Waals surface area (Å²) >= 11 is 1.46. The Morgan fingerprint density at radius 2 is 2.00 bits per heavy atom. The van der Waals surface area contributed by atoms with Gasteiger partial charge in [0, 0.05) is 11.4 Å². The zero-order valence-electron chi connectivity index (χ0n) is 14.0. The van der Waals surface area contributed by atoms with Crippen molar-refractivity contribution in [3.63, 3.8) is 0 Å². The molecule has 0 heterocycles. The number of nitrogens with two attached hydrogens (primary N) is 1. The summed E-state index contributed by atoms with van der Waals surface area (Å²) in [5.74, 6) is 1.48. The van der Waals surface area contributed by atoms with Gasteiger partial charge < -0.3 is 10.1 Å². The second-order valence-electron chi connectivity index (χ2n) is 5.42. The summed E-state index contributed by atoms with van der Waals surface area (Å²) in [7, 11) is -2.21. The maximum absolute atomic E-state index is 12.0. The van der Waals surface area contributed by atoms with Crippen LogP contribution < -0.4 is 15.2 Å². The average Bonchev–Trinajstić information content (AvgIpc) is 2.56. The third-order valence-electron chi connectivity index (χ3n) is 3.41. The van der Waals surface area contributed by atoms with Crippen molar-refractivity contribution < 1.29 is 17.9 Å². The van der Waals surface area contributed by atoms with E-state index in [2.05, 4.69) is 5.32 Å². The van der Waals surface area contributed by atoms with Crippen LogP contribution in [-0.4, -0.2) is 27.2 Å². The first kappa shape index (κ1) is 19.3. The lowest BCUT2D eigenvalue weighted by Crippen LogP contribution is -2.17. The number of carbonyl (C=O) groups excluding carboxylic acids is 1. The number of aryl methyl sites for hydroxylation is 1. The first-order valence-electron chi connectivity index (χ1n) is 7.43. The van der Waals surface area contributed by atoms with Gasteiger partial charge in [-0.2, -0.15) is 0 Å². The minimum absolute atomic E-state index is 0.00864. The average molecular weight is 380 g/mol. The molecule has 3 N–H and O–H groups in total. The highest BCUT2D eigenvalue weighted by molar-refractivity contribution is 7.99. The summed E-state index contributed by atoms with van der Waals surface area (Å²) in [6.07, 6.45) is 0. The molecule has 0 fully saturated rings. The predicted octanol–water partition coefficient (Wildman–Crippen LogP) is 2.52.